The summed E-state index contributed by atoms with van der Waals surface area (Å²) in [5, 5.41) is 2.83. The molecule has 164 valence electrons. The third kappa shape index (κ3) is 4.31. The number of hydrogen-bond donors (Lipinski definition) is 1. The molecule has 1 aromatic carbocycles. The molecule has 1 N–H and O–H groups in total. The Morgan fingerprint density at radius 2 is 1.94 bits per heavy atom. The van der Waals surface area contributed by atoms with Crippen molar-refractivity contribution in [3.63, 3.8) is 0 Å². The molecule has 9 nitrogen and oxygen atoms in total. The smallest absolute Gasteiger partial charge is 0.328 e. The van der Waals surface area contributed by atoms with Gasteiger partial charge in [-0.3, -0.25) is 19.1 Å². The number of hydrogen-bond acceptors (Lipinski definition) is 6. The molecule has 0 unspecified atom stereocenters. The van der Waals surface area contributed by atoms with E-state index in [1.165, 1.54) is 23.5 Å². The molecule has 1 aliphatic heterocycles. The maximum atomic E-state index is 12.8. The quantitative estimate of drug-likeness (QED) is 0.632. The van der Waals surface area contributed by atoms with Gasteiger partial charge in [-0.25, -0.2) is 14.3 Å². The van der Waals surface area contributed by atoms with Crippen LogP contribution < -0.4 is 16.6 Å². The summed E-state index contributed by atoms with van der Waals surface area (Å²) >= 11 is 1.98. The summed E-state index contributed by atoms with van der Waals surface area (Å²) in [5.74, 6) is 1.90. The first-order valence-corrected chi connectivity index (χ1v) is 11.3. The number of fused-ring (bicyclic) bond motifs is 1. The number of thioether (sulfide) groups is 1. The molecule has 3 heterocycles. The van der Waals surface area contributed by atoms with E-state index >= 15 is 0 Å². The van der Waals surface area contributed by atoms with Crippen LogP contribution >= 0.6 is 11.8 Å². The van der Waals surface area contributed by atoms with Gasteiger partial charge in [0.15, 0.2) is 11.2 Å². The fourth-order valence-electron chi connectivity index (χ4n) is 3.85. The predicted molar refractivity (Wildman–Crippen MR) is 123 cm³/mol. The monoisotopic (exact) mass is 442 g/mol. The number of carbonyl (C=O) groups is 1. The van der Waals surface area contributed by atoms with Crippen molar-refractivity contribution in [3.8, 4) is 0 Å². The predicted octanol–water partition coefficient (Wildman–Crippen LogP) is 0.930. The maximum Gasteiger partial charge on any atom is 0.332 e. The zero-order valence-electron chi connectivity index (χ0n) is 17.9. The highest BCUT2D eigenvalue weighted by Crippen LogP contribution is 2.19. The van der Waals surface area contributed by atoms with E-state index in [1.807, 2.05) is 30.8 Å². The molecule has 0 bridgehead atoms. The Morgan fingerprint density at radius 3 is 2.65 bits per heavy atom. The number of imidazole rings is 1. The molecule has 1 aliphatic rings. The van der Waals surface area contributed by atoms with Crippen LogP contribution in [0.15, 0.2) is 34.1 Å². The van der Waals surface area contributed by atoms with Gasteiger partial charge in [0.2, 0.25) is 5.91 Å². The third-order valence-corrected chi connectivity index (χ3v) is 6.52. The molecule has 0 spiro atoms. The Morgan fingerprint density at radius 1 is 1.19 bits per heavy atom. The van der Waals surface area contributed by atoms with Gasteiger partial charge in [-0.05, 0) is 24.1 Å². The fourth-order valence-corrected chi connectivity index (χ4v) is 4.83. The molecule has 10 heteroatoms. The molecule has 3 aromatic rings. The Kier molecular flexibility index (Phi) is 6.01. The van der Waals surface area contributed by atoms with Gasteiger partial charge in [0, 0.05) is 50.9 Å². The van der Waals surface area contributed by atoms with E-state index in [0.29, 0.717) is 11.3 Å². The van der Waals surface area contributed by atoms with Crippen LogP contribution in [0.1, 0.15) is 11.1 Å². The summed E-state index contributed by atoms with van der Waals surface area (Å²) in [6, 6.07) is 5.97. The highest BCUT2D eigenvalue weighted by atomic mass is 32.2. The van der Waals surface area contributed by atoms with E-state index < -0.39 is 17.2 Å². The lowest BCUT2D eigenvalue weighted by atomic mass is 10.1. The van der Waals surface area contributed by atoms with Crippen molar-refractivity contribution in [1.82, 2.24) is 23.6 Å². The standard InChI is InChI=1S/C21H26N6O3S/c1-14-10-15(11-26-6-8-31-9-7-26)4-5-16(14)23-17(28)12-27-20(29)18-19(22-13-24(18)2)25(3)21(27)30/h4-5,10,13H,6-9,11-12H2,1-3H3,(H,23,28). The second kappa shape index (κ2) is 8.72. The molecule has 1 fully saturated rings. The second-order valence-corrected chi connectivity index (χ2v) is 9.07. The zero-order valence-corrected chi connectivity index (χ0v) is 18.7. The van der Waals surface area contributed by atoms with Crippen molar-refractivity contribution in [2.75, 3.05) is 29.9 Å². The van der Waals surface area contributed by atoms with Crippen LogP contribution in [0, 0.1) is 6.92 Å². The Bertz CT molecular complexity index is 1250. The summed E-state index contributed by atoms with van der Waals surface area (Å²) in [5.41, 5.74) is 2.31. The summed E-state index contributed by atoms with van der Waals surface area (Å²) in [6.07, 6.45) is 1.48. The third-order valence-electron chi connectivity index (χ3n) is 5.58. The van der Waals surface area contributed by atoms with Gasteiger partial charge in [-0.1, -0.05) is 12.1 Å². The topological polar surface area (TPSA) is 94.2 Å². The largest absolute Gasteiger partial charge is 0.332 e. The summed E-state index contributed by atoms with van der Waals surface area (Å²) in [4.78, 5) is 44.6. The van der Waals surface area contributed by atoms with Gasteiger partial charge in [0.1, 0.15) is 6.54 Å². The molecule has 31 heavy (non-hydrogen) atoms. The highest BCUT2D eigenvalue weighted by molar-refractivity contribution is 7.99. The van der Waals surface area contributed by atoms with Crippen molar-refractivity contribution in [2.45, 2.75) is 20.0 Å². The van der Waals surface area contributed by atoms with Crippen LogP contribution in [0.4, 0.5) is 5.69 Å². The molecule has 0 atom stereocenters. The van der Waals surface area contributed by atoms with E-state index in [0.717, 1.165) is 41.3 Å². The Labute approximate surface area is 183 Å². The molecule has 2 aromatic heterocycles. The number of aryl methyl sites for hydroxylation is 3. The van der Waals surface area contributed by atoms with Crippen molar-refractivity contribution in [3.05, 3.63) is 56.5 Å². The normalized spacial score (nSPS) is 14.8. The number of nitrogens with zero attached hydrogens (tertiary/aromatic N) is 5. The number of amides is 1. The average Bonchev–Trinajstić information content (AvgIpc) is 3.14. The van der Waals surface area contributed by atoms with Gasteiger partial charge in [-0.15, -0.1) is 0 Å². The highest BCUT2D eigenvalue weighted by Gasteiger charge is 2.17. The molecular weight excluding hydrogens is 416 g/mol. The summed E-state index contributed by atoms with van der Waals surface area (Å²) < 4.78 is 3.77. The Balaban J connectivity index is 1.51. The summed E-state index contributed by atoms with van der Waals surface area (Å²) in [7, 11) is 3.22. The maximum absolute atomic E-state index is 12.8. The van der Waals surface area contributed by atoms with Crippen molar-refractivity contribution < 1.29 is 4.79 Å². The molecule has 4 rings (SSSR count). The number of nitrogens with one attached hydrogen (secondary N) is 1. The number of aromatic nitrogens is 4. The van der Waals surface area contributed by atoms with Crippen LogP contribution in [-0.2, 0) is 32.0 Å². The first-order valence-electron chi connectivity index (χ1n) is 10.2. The zero-order chi connectivity index (χ0) is 22.1. The van der Waals surface area contributed by atoms with E-state index in [1.54, 1.807) is 11.6 Å². The second-order valence-electron chi connectivity index (χ2n) is 7.85. The SMILES string of the molecule is Cc1cc(CN2CCSCC2)ccc1NC(=O)Cn1c(=O)c2c(ncn2C)n(C)c1=O. The van der Waals surface area contributed by atoms with Crippen molar-refractivity contribution in [2.24, 2.45) is 14.1 Å². The number of benzene rings is 1. The van der Waals surface area contributed by atoms with Crippen molar-refractivity contribution in [1.29, 1.82) is 0 Å². The lowest BCUT2D eigenvalue weighted by molar-refractivity contribution is -0.116. The van der Waals surface area contributed by atoms with Gasteiger partial charge in [0.05, 0.1) is 6.33 Å². The van der Waals surface area contributed by atoms with E-state index in [-0.39, 0.29) is 12.1 Å². The minimum Gasteiger partial charge on any atom is -0.328 e. The van der Waals surface area contributed by atoms with Crippen molar-refractivity contribution >= 4 is 34.5 Å². The van der Waals surface area contributed by atoms with Gasteiger partial charge >= 0.3 is 5.69 Å². The molecular formula is C21H26N6O3S. The molecule has 0 aliphatic carbocycles. The Hall–Kier alpha value is -2.85. The summed E-state index contributed by atoms with van der Waals surface area (Å²) in [6.45, 7) is 4.66. The van der Waals surface area contributed by atoms with E-state index in [2.05, 4.69) is 21.3 Å². The molecule has 0 saturated carbocycles. The number of rotatable bonds is 5. The van der Waals surface area contributed by atoms with E-state index in [4.69, 9.17) is 0 Å². The number of anilines is 1. The number of carbonyl (C=O) groups excluding carboxylic acids is 1. The van der Waals surface area contributed by atoms with Crippen LogP contribution in [0.5, 0.6) is 0 Å². The van der Waals surface area contributed by atoms with Crippen LogP contribution in [0.25, 0.3) is 11.2 Å². The average molecular weight is 443 g/mol. The lowest BCUT2D eigenvalue weighted by Crippen LogP contribution is -2.42. The fraction of sp³-hybridized carbons (Fsp3) is 0.429. The van der Waals surface area contributed by atoms with E-state index in [9.17, 15) is 14.4 Å². The first-order chi connectivity index (χ1) is 14.8. The molecule has 0 radical (unpaired) electrons. The molecule has 1 saturated heterocycles. The minimum atomic E-state index is -0.571. The molecule has 1 amide bonds. The minimum absolute atomic E-state index is 0.284. The van der Waals surface area contributed by atoms with Crippen LogP contribution in [0.3, 0.4) is 0 Å². The van der Waals surface area contributed by atoms with Gasteiger partial charge in [-0.2, -0.15) is 11.8 Å². The van der Waals surface area contributed by atoms with Crippen LogP contribution in [0.2, 0.25) is 0 Å². The first kappa shape index (κ1) is 21.4. The van der Waals surface area contributed by atoms with Gasteiger partial charge < -0.3 is 9.88 Å². The van der Waals surface area contributed by atoms with Crippen LogP contribution in [-0.4, -0.2) is 54.1 Å². The van der Waals surface area contributed by atoms with Gasteiger partial charge in [0.25, 0.3) is 5.56 Å². The lowest BCUT2D eigenvalue weighted by Gasteiger charge is -2.26.